The first-order valence-corrected chi connectivity index (χ1v) is 5.52. The number of hydrogen-bond donors (Lipinski definition) is 1. The summed E-state index contributed by atoms with van der Waals surface area (Å²) in [6, 6.07) is -0.459. The largest absolute Gasteiger partial charge is 0.406 e. The molecule has 2 unspecified atom stereocenters. The van der Waals surface area contributed by atoms with Gasteiger partial charge >= 0.3 is 6.18 Å². The van der Waals surface area contributed by atoms with Crippen molar-refractivity contribution in [1.29, 1.82) is 0 Å². The number of nitrogens with one attached hydrogen (secondary N) is 1. The Hall–Kier alpha value is -0.780. The molecule has 0 aromatic carbocycles. The first-order chi connectivity index (χ1) is 7.39. The van der Waals surface area contributed by atoms with Crippen LogP contribution < -0.4 is 5.32 Å². The molecule has 1 N–H and O–H groups in total. The number of carbonyl (C=O) groups is 1. The van der Waals surface area contributed by atoms with Gasteiger partial charge in [0.1, 0.15) is 6.54 Å². The van der Waals surface area contributed by atoms with Gasteiger partial charge in [-0.05, 0) is 12.8 Å². The fraction of sp³-hybridized carbons (Fsp3) is 0.900. The lowest BCUT2D eigenvalue weighted by Crippen LogP contribution is -2.43. The van der Waals surface area contributed by atoms with E-state index in [2.05, 4.69) is 5.32 Å². The fourth-order valence-corrected chi connectivity index (χ4v) is 1.93. The van der Waals surface area contributed by atoms with Crippen LogP contribution >= 0.6 is 0 Å². The number of halogens is 3. The molecule has 0 aliphatic carbocycles. The minimum Gasteiger partial charge on any atom is -0.317 e. The summed E-state index contributed by atoms with van der Waals surface area (Å²) < 4.78 is 36.9. The molecule has 0 saturated carbocycles. The van der Waals surface area contributed by atoms with Crippen molar-refractivity contribution < 1.29 is 18.0 Å². The Balaban J connectivity index is 2.72. The molecular formula is C10H17F3N2O. The Bertz CT molecular complexity index is 255. The van der Waals surface area contributed by atoms with E-state index < -0.39 is 30.8 Å². The molecule has 1 fully saturated rings. The minimum atomic E-state index is -4.33. The Kier molecular flexibility index (Phi) is 4.18. The van der Waals surface area contributed by atoms with Gasteiger partial charge in [-0.25, -0.2) is 0 Å². The number of amides is 1. The third-order valence-electron chi connectivity index (χ3n) is 2.67. The van der Waals surface area contributed by atoms with Crippen molar-refractivity contribution in [3.05, 3.63) is 0 Å². The van der Waals surface area contributed by atoms with Crippen molar-refractivity contribution in [2.24, 2.45) is 0 Å². The van der Waals surface area contributed by atoms with Gasteiger partial charge in [-0.15, -0.1) is 0 Å². The summed E-state index contributed by atoms with van der Waals surface area (Å²) in [7, 11) is 0. The van der Waals surface area contributed by atoms with Crippen LogP contribution in [0.5, 0.6) is 0 Å². The molecular weight excluding hydrogens is 221 g/mol. The molecule has 0 aromatic heterocycles. The molecule has 1 aliphatic heterocycles. The monoisotopic (exact) mass is 238 g/mol. The van der Waals surface area contributed by atoms with Crippen LogP contribution in [0.15, 0.2) is 0 Å². The second kappa shape index (κ2) is 5.03. The number of alkyl halides is 3. The van der Waals surface area contributed by atoms with Crippen LogP contribution in [0, 0.1) is 0 Å². The molecule has 1 saturated heterocycles. The molecule has 16 heavy (non-hydrogen) atoms. The van der Waals surface area contributed by atoms with Gasteiger partial charge in [0.15, 0.2) is 0 Å². The lowest BCUT2D eigenvalue weighted by atomic mass is 10.2. The lowest BCUT2D eigenvalue weighted by Gasteiger charge is -2.24. The van der Waals surface area contributed by atoms with E-state index in [1.807, 2.05) is 6.92 Å². The van der Waals surface area contributed by atoms with Crippen LogP contribution in [-0.4, -0.2) is 35.7 Å². The summed E-state index contributed by atoms with van der Waals surface area (Å²) in [5.41, 5.74) is 0. The van der Waals surface area contributed by atoms with E-state index in [0.717, 1.165) is 11.3 Å². The molecule has 94 valence electrons. The van der Waals surface area contributed by atoms with Gasteiger partial charge in [-0.1, -0.05) is 20.3 Å². The van der Waals surface area contributed by atoms with Crippen molar-refractivity contribution in [2.75, 3.05) is 6.54 Å². The predicted octanol–water partition coefficient (Wildman–Crippen LogP) is 1.89. The quantitative estimate of drug-likeness (QED) is 0.811. The molecule has 1 heterocycles. The zero-order chi connectivity index (χ0) is 12.3. The summed E-state index contributed by atoms with van der Waals surface area (Å²) in [5.74, 6) is -0.432. The number of carbonyl (C=O) groups excluding carboxylic acids is 1. The van der Waals surface area contributed by atoms with E-state index in [1.54, 1.807) is 6.92 Å². The summed E-state index contributed by atoms with van der Waals surface area (Å²) in [4.78, 5) is 12.6. The highest BCUT2D eigenvalue weighted by Gasteiger charge is 2.43. The van der Waals surface area contributed by atoms with E-state index in [9.17, 15) is 18.0 Å². The van der Waals surface area contributed by atoms with Crippen LogP contribution in [-0.2, 0) is 4.79 Å². The van der Waals surface area contributed by atoms with Crippen LogP contribution in [0.25, 0.3) is 0 Å². The van der Waals surface area contributed by atoms with Crippen molar-refractivity contribution in [3.8, 4) is 0 Å². The highest BCUT2D eigenvalue weighted by atomic mass is 19.4. The van der Waals surface area contributed by atoms with Crippen LogP contribution in [0.2, 0.25) is 0 Å². The molecule has 1 aliphatic rings. The maximum atomic E-state index is 12.3. The molecule has 2 atom stereocenters. The maximum Gasteiger partial charge on any atom is 0.406 e. The lowest BCUT2D eigenvalue weighted by molar-refractivity contribution is -0.161. The van der Waals surface area contributed by atoms with Crippen molar-refractivity contribution in [3.63, 3.8) is 0 Å². The van der Waals surface area contributed by atoms with Crippen molar-refractivity contribution in [1.82, 2.24) is 10.2 Å². The zero-order valence-corrected chi connectivity index (χ0v) is 9.47. The van der Waals surface area contributed by atoms with Gasteiger partial charge in [0.25, 0.3) is 0 Å². The standard InChI is InChI=1S/C10H17F3N2O/c1-3-5-8-14-7(4-2)9(16)15(8)6-10(11,12)13/h7-8,14H,3-6H2,1-2H3. The van der Waals surface area contributed by atoms with Gasteiger partial charge in [-0.3, -0.25) is 10.1 Å². The smallest absolute Gasteiger partial charge is 0.317 e. The second-order valence-corrected chi connectivity index (χ2v) is 4.01. The van der Waals surface area contributed by atoms with E-state index in [-0.39, 0.29) is 0 Å². The summed E-state index contributed by atoms with van der Waals surface area (Å²) in [6.07, 6.45) is -2.97. The third kappa shape index (κ3) is 3.10. The normalized spacial score (nSPS) is 26.6. The fourth-order valence-electron chi connectivity index (χ4n) is 1.93. The molecule has 1 amide bonds. The van der Waals surface area contributed by atoms with E-state index in [1.165, 1.54) is 0 Å². The molecule has 1 rings (SSSR count). The van der Waals surface area contributed by atoms with Gasteiger partial charge < -0.3 is 4.90 Å². The van der Waals surface area contributed by atoms with E-state index in [0.29, 0.717) is 12.8 Å². The highest BCUT2D eigenvalue weighted by Crippen LogP contribution is 2.23. The summed E-state index contributed by atoms with van der Waals surface area (Å²) >= 11 is 0. The van der Waals surface area contributed by atoms with E-state index in [4.69, 9.17) is 0 Å². The van der Waals surface area contributed by atoms with Crippen LogP contribution in [0.3, 0.4) is 0 Å². The van der Waals surface area contributed by atoms with Crippen molar-refractivity contribution >= 4 is 5.91 Å². The topological polar surface area (TPSA) is 32.3 Å². The molecule has 3 nitrogen and oxygen atoms in total. The molecule has 0 aromatic rings. The Labute approximate surface area is 93.0 Å². The average Bonchev–Trinajstić information content (AvgIpc) is 2.44. The predicted molar refractivity (Wildman–Crippen MR) is 53.7 cm³/mol. The number of hydrogen-bond acceptors (Lipinski definition) is 2. The zero-order valence-electron chi connectivity index (χ0n) is 9.47. The second-order valence-electron chi connectivity index (χ2n) is 4.01. The number of rotatable bonds is 4. The maximum absolute atomic E-state index is 12.3. The van der Waals surface area contributed by atoms with Gasteiger partial charge in [-0.2, -0.15) is 13.2 Å². The van der Waals surface area contributed by atoms with Gasteiger partial charge in [0, 0.05) is 0 Å². The summed E-state index contributed by atoms with van der Waals surface area (Å²) in [6.45, 7) is 2.52. The van der Waals surface area contributed by atoms with Crippen LogP contribution in [0.1, 0.15) is 33.1 Å². The van der Waals surface area contributed by atoms with Crippen molar-refractivity contribution in [2.45, 2.75) is 51.5 Å². The Morgan fingerprint density at radius 3 is 2.44 bits per heavy atom. The third-order valence-corrected chi connectivity index (χ3v) is 2.67. The van der Waals surface area contributed by atoms with Gasteiger partial charge in [0.05, 0.1) is 12.2 Å². The molecule has 0 spiro atoms. The Morgan fingerprint density at radius 1 is 1.38 bits per heavy atom. The first-order valence-electron chi connectivity index (χ1n) is 5.52. The Morgan fingerprint density at radius 2 is 2.00 bits per heavy atom. The number of nitrogens with zero attached hydrogens (tertiary/aromatic N) is 1. The van der Waals surface area contributed by atoms with Crippen LogP contribution in [0.4, 0.5) is 13.2 Å². The SMILES string of the molecule is CCCC1NC(CC)C(=O)N1CC(F)(F)F. The summed E-state index contributed by atoms with van der Waals surface area (Å²) in [5, 5.41) is 2.94. The highest BCUT2D eigenvalue weighted by molar-refractivity contribution is 5.84. The average molecular weight is 238 g/mol. The van der Waals surface area contributed by atoms with E-state index >= 15 is 0 Å². The first kappa shape index (κ1) is 13.3. The molecule has 0 radical (unpaired) electrons. The molecule has 6 heteroatoms. The minimum absolute atomic E-state index is 0.432. The molecule has 0 bridgehead atoms. The van der Waals surface area contributed by atoms with Gasteiger partial charge in [0.2, 0.25) is 5.91 Å².